The van der Waals surface area contributed by atoms with E-state index in [0.29, 0.717) is 0 Å². The molecule has 2 nitrogen and oxygen atoms in total. The van der Waals surface area contributed by atoms with Gasteiger partial charge in [-0.2, -0.15) is 0 Å². The first-order valence-electron chi connectivity index (χ1n) is 6.44. The second-order valence-corrected chi connectivity index (χ2v) is 5.23. The first-order valence-corrected chi connectivity index (χ1v) is 6.44. The Morgan fingerprint density at radius 2 is 1.79 bits per heavy atom. The van der Waals surface area contributed by atoms with Gasteiger partial charge in [0.2, 0.25) is 0 Å². The maximum Gasteiger partial charge on any atom is 0.0252 e. The molecule has 0 aromatic heterocycles. The van der Waals surface area contributed by atoms with Crippen molar-refractivity contribution < 1.29 is 0 Å². The van der Waals surface area contributed by atoms with E-state index in [1.54, 1.807) is 0 Å². The van der Waals surface area contributed by atoms with E-state index >= 15 is 0 Å². The molecule has 2 aliphatic carbocycles. The fourth-order valence-corrected chi connectivity index (χ4v) is 3.81. The molecule has 3 fully saturated rings. The summed E-state index contributed by atoms with van der Waals surface area (Å²) in [5.41, 5.74) is 0. The molecular formula is C12H22N2. The van der Waals surface area contributed by atoms with Gasteiger partial charge in [0.25, 0.3) is 0 Å². The van der Waals surface area contributed by atoms with Crippen molar-refractivity contribution in [3.8, 4) is 0 Å². The van der Waals surface area contributed by atoms with Gasteiger partial charge >= 0.3 is 0 Å². The quantitative estimate of drug-likeness (QED) is 0.684. The normalized spacial score (nSPS) is 40.3. The lowest BCUT2D eigenvalue weighted by Crippen LogP contribution is -2.57. The highest BCUT2D eigenvalue weighted by Gasteiger charge is 2.38. The van der Waals surface area contributed by atoms with Gasteiger partial charge < -0.3 is 5.32 Å². The summed E-state index contributed by atoms with van der Waals surface area (Å²) >= 11 is 0. The minimum Gasteiger partial charge on any atom is -0.311 e. The predicted octanol–water partition coefficient (Wildman–Crippen LogP) is 1.76. The van der Waals surface area contributed by atoms with Crippen LogP contribution in [0.3, 0.4) is 0 Å². The van der Waals surface area contributed by atoms with E-state index in [1.165, 1.54) is 58.0 Å². The fourth-order valence-electron chi connectivity index (χ4n) is 3.81. The van der Waals surface area contributed by atoms with Crippen molar-refractivity contribution in [2.24, 2.45) is 0 Å². The van der Waals surface area contributed by atoms with Crippen molar-refractivity contribution in [1.82, 2.24) is 10.2 Å². The van der Waals surface area contributed by atoms with Gasteiger partial charge in [-0.25, -0.2) is 0 Å². The topological polar surface area (TPSA) is 15.3 Å². The molecule has 0 unspecified atom stereocenters. The summed E-state index contributed by atoms with van der Waals surface area (Å²) in [6, 6.07) is 2.68. The average molecular weight is 194 g/mol. The molecule has 3 aliphatic rings. The van der Waals surface area contributed by atoms with Crippen LogP contribution in [-0.2, 0) is 0 Å². The molecule has 2 heteroatoms. The van der Waals surface area contributed by atoms with Gasteiger partial charge in [-0.05, 0) is 25.7 Å². The summed E-state index contributed by atoms with van der Waals surface area (Å²) in [5.74, 6) is 0. The number of nitrogens with zero attached hydrogens (tertiary/aromatic N) is 1. The Hall–Kier alpha value is -0.0800. The highest BCUT2D eigenvalue weighted by atomic mass is 15.3. The van der Waals surface area contributed by atoms with Gasteiger partial charge in [0.15, 0.2) is 0 Å². The van der Waals surface area contributed by atoms with E-state index in [4.69, 9.17) is 0 Å². The van der Waals surface area contributed by atoms with Gasteiger partial charge in [-0.15, -0.1) is 0 Å². The van der Waals surface area contributed by atoms with E-state index in [0.717, 1.165) is 18.1 Å². The Morgan fingerprint density at radius 3 is 2.64 bits per heavy atom. The number of rotatable bonds is 1. The van der Waals surface area contributed by atoms with Crippen LogP contribution in [0.5, 0.6) is 0 Å². The van der Waals surface area contributed by atoms with E-state index in [1.807, 2.05) is 0 Å². The molecule has 1 N–H and O–H groups in total. The molecule has 3 rings (SSSR count). The monoisotopic (exact) mass is 194 g/mol. The highest BCUT2D eigenvalue weighted by molar-refractivity contribution is 4.97. The van der Waals surface area contributed by atoms with Crippen LogP contribution in [0.25, 0.3) is 0 Å². The summed E-state index contributed by atoms with van der Waals surface area (Å²) in [6.45, 7) is 2.55. The van der Waals surface area contributed by atoms with E-state index in [9.17, 15) is 0 Å². The zero-order valence-corrected chi connectivity index (χ0v) is 9.04. The first-order chi connectivity index (χ1) is 6.95. The minimum atomic E-state index is 0.837. The van der Waals surface area contributed by atoms with E-state index < -0.39 is 0 Å². The Balaban J connectivity index is 1.70. The molecule has 14 heavy (non-hydrogen) atoms. The third-order valence-corrected chi connectivity index (χ3v) is 4.48. The first kappa shape index (κ1) is 9.17. The molecule has 0 spiro atoms. The SMILES string of the molecule is C1CCC(N2CCN[C@H]3CCC[C@H]32)C1. The largest absolute Gasteiger partial charge is 0.311 e. The third-order valence-electron chi connectivity index (χ3n) is 4.48. The van der Waals surface area contributed by atoms with Gasteiger partial charge in [-0.1, -0.05) is 19.3 Å². The van der Waals surface area contributed by atoms with Gasteiger partial charge in [0.1, 0.15) is 0 Å². The molecule has 1 heterocycles. The van der Waals surface area contributed by atoms with Crippen molar-refractivity contribution in [2.45, 2.75) is 63.1 Å². The molecule has 0 bridgehead atoms. The van der Waals surface area contributed by atoms with Crippen LogP contribution in [0.1, 0.15) is 44.9 Å². The standard InChI is InChI=1S/C12H22N2/c1-2-5-10(4-1)14-9-8-13-11-6-3-7-12(11)14/h10-13H,1-9H2/t11-,12+/m0/s1. The Bertz CT molecular complexity index is 198. The predicted molar refractivity (Wildman–Crippen MR) is 58.4 cm³/mol. The average Bonchev–Trinajstić information content (AvgIpc) is 2.88. The van der Waals surface area contributed by atoms with Crippen molar-refractivity contribution in [1.29, 1.82) is 0 Å². The number of fused-ring (bicyclic) bond motifs is 1. The van der Waals surface area contributed by atoms with Gasteiger partial charge in [0.05, 0.1) is 0 Å². The zero-order valence-electron chi connectivity index (χ0n) is 9.04. The van der Waals surface area contributed by atoms with Crippen molar-refractivity contribution in [3.05, 3.63) is 0 Å². The second-order valence-electron chi connectivity index (χ2n) is 5.23. The van der Waals surface area contributed by atoms with Crippen molar-refractivity contribution >= 4 is 0 Å². The van der Waals surface area contributed by atoms with Gasteiger partial charge in [-0.3, -0.25) is 4.90 Å². The number of nitrogens with one attached hydrogen (secondary N) is 1. The van der Waals surface area contributed by atoms with Crippen LogP contribution in [0.2, 0.25) is 0 Å². The number of piperazine rings is 1. The maximum atomic E-state index is 3.69. The molecule has 0 amide bonds. The molecule has 0 radical (unpaired) electrons. The maximum absolute atomic E-state index is 3.69. The Labute approximate surface area is 87.0 Å². The Morgan fingerprint density at radius 1 is 0.929 bits per heavy atom. The Kier molecular flexibility index (Phi) is 2.50. The summed E-state index contributed by atoms with van der Waals surface area (Å²) in [7, 11) is 0. The smallest absolute Gasteiger partial charge is 0.0252 e. The van der Waals surface area contributed by atoms with Crippen LogP contribution in [-0.4, -0.2) is 36.1 Å². The third kappa shape index (κ3) is 1.49. The lowest BCUT2D eigenvalue weighted by atomic mass is 10.0. The molecule has 2 atom stereocenters. The lowest BCUT2D eigenvalue weighted by Gasteiger charge is -2.42. The van der Waals surface area contributed by atoms with Crippen molar-refractivity contribution in [2.75, 3.05) is 13.1 Å². The molecule has 1 aliphatic heterocycles. The van der Waals surface area contributed by atoms with E-state index in [-0.39, 0.29) is 0 Å². The molecule has 2 saturated carbocycles. The molecule has 80 valence electrons. The summed E-state index contributed by atoms with van der Waals surface area (Å²) < 4.78 is 0. The van der Waals surface area contributed by atoms with Crippen LogP contribution < -0.4 is 5.32 Å². The zero-order chi connectivity index (χ0) is 9.38. The van der Waals surface area contributed by atoms with Crippen LogP contribution >= 0.6 is 0 Å². The molecular weight excluding hydrogens is 172 g/mol. The lowest BCUT2D eigenvalue weighted by molar-refractivity contribution is 0.0897. The van der Waals surface area contributed by atoms with Crippen LogP contribution in [0.4, 0.5) is 0 Å². The highest BCUT2D eigenvalue weighted by Crippen LogP contribution is 2.32. The van der Waals surface area contributed by atoms with E-state index in [2.05, 4.69) is 10.2 Å². The van der Waals surface area contributed by atoms with Crippen molar-refractivity contribution in [3.63, 3.8) is 0 Å². The van der Waals surface area contributed by atoms with Crippen LogP contribution in [0.15, 0.2) is 0 Å². The minimum absolute atomic E-state index is 0.837. The summed E-state index contributed by atoms with van der Waals surface area (Å²) in [4.78, 5) is 2.85. The number of hydrogen-bond donors (Lipinski definition) is 1. The van der Waals surface area contributed by atoms with Gasteiger partial charge in [0, 0.05) is 31.2 Å². The van der Waals surface area contributed by atoms with Crippen LogP contribution in [0, 0.1) is 0 Å². The summed E-state index contributed by atoms with van der Waals surface area (Å²) in [6.07, 6.45) is 10.2. The number of hydrogen-bond acceptors (Lipinski definition) is 2. The summed E-state index contributed by atoms with van der Waals surface area (Å²) in [5, 5.41) is 3.69. The molecule has 1 saturated heterocycles. The fraction of sp³-hybridized carbons (Fsp3) is 1.00. The second kappa shape index (κ2) is 3.82. The molecule has 0 aromatic rings. The molecule has 0 aromatic carbocycles.